The molecule has 2 bridgehead atoms. The molecule has 0 radical (unpaired) electrons. The summed E-state index contributed by atoms with van der Waals surface area (Å²) in [5.74, 6) is 3.27. The van der Waals surface area contributed by atoms with Gasteiger partial charge in [-0.2, -0.15) is 0 Å². The Labute approximate surface area is 115 Å². The van der Waals surface area contributed by atoms with Crippen LogP contribution in [0.5, 0.6) is 0 Å². The summed E-state index contributed by atoms with van der Waals surface area (Å²) >= 11 is 0. The van der Waals surface area contributed by atoms with Crippen LogP contribution < -0.4 is 11.1 Å². The minimum Gasteiger partial charge on any atom is -0.409 e. The molecule has 0 amide bonds. The summed E-state index contributed by atoms with van der Waals surface area (Å²) < 4.78 is 0. The number of amidine groups is 1. The van der Waals surface area contributed by atoms with Crippen molar-refractivity contribution < 1.29 is 5.21 Å². The fourth-order valence-corrected chi connectivity index (χ4v) is 4.45. The van der Waals surface area contributed by atoms with Gasteiger partial charge in [0.2, 0.25) is 0 Å². The summed E-state index contributed by atoms with van der Waals surface area (Å²) in [7, 11) is 0. The summed E-state index contributed by atoms with van der Waals surface area (Å²) in [6, 6.07) is 0.625. The second-order valence-corrected chi connectivity index (χ2v) is 7.28. The Kier molecular flexibility index (Phi) is 3.46. The van der Waals surface area contributed by atoms with Crippen molar-refractivity contribution in [1.29, 1.82) is 0 Å². The molecule has 0 aromatic heterocycles. The molecule has 0 aromatic carbocycles. The van der Waals surface area contributed by atoms with E-state index in [1.807, 2.05) is 0 Å². The van der Waals surface area contributed by atoms with Crippen molar-refractivity contribution in [3.8, 4) is 0 Å². The monoisotopic (exact) mass is 265 g/mol. The zero-order valence-electron chi connectivity index (χ0n) is 11.9. The average Bonchev–Trinajstić information content (AvgIpc) is 2.87. The van der Waals surface area contributed by atoms with Crippen molar-refractivity contribution in [3.05, 3.63) is 0 Å². The molecule has 19 heavy (non-hydrogen) atoms. The first-order chi connectivity index (χ1) is 9.12. The maximum Gasteiger partial charge on any atom is 0.139 e. The first kappa shape index (κ1) is 13.2. The summed E-state index contributed by atoms with van der Waals surface area (Å²) in [6.07, 6.45) is 9.00. The van der Waals surface area contributed by atoms with Crippen LogP contribution in [-0.2, 0) is 0 Å². The van der Waals surface area contributed by atoms with Gasteiger partial charge >= 0.3 is 0 Å². The predicted molar refractivity (Wildman–Crippen MR) is 76.1 cm³/mol. The average molecular weight is 265 g/mol. The Morgan fingerprint density at radius 2 is 2.21 bits per heavy atom. The molecule has 108 valence electrons. The third-order valence-corrected chi connectivity index (χ3v) is 5.88. The van der Waals surface area contributed by atoms with Crippen LogP contribution >= 0.6 is 0 Å². The largest absolute Gasteiger partial charge is 0.409 e. The highest BCUT2D eigenvalue weighted by molar-refractivity contribution is 5.80. The van der Waals surface area contributed by atoms with Gasteiger partial charge in [0.05, 0.1) is 0 Å². The zero-order chi connectivity index (χ0) is 13.5. The van der Waals surface area contributed by atoms with Gasteiger partial charge in [0, 0.05) is 19.0 Å². The molecule has 0 saturated heterocycles. The molecule has 4 unspecified atom stereocenters. The number of hydrogen-bond acceptors (Lipinski definition) is 3. The molecule has 4 atom stereocenters. The van der Waals surface area contributed by atoms with Crippen LogP contribution in [0.1, 0.15) is 51.9 Å². The van der Waals surface area contributed by atoms with Crippen LogP contribution in [0.3, 0.4) is 0 Å². The Morgan fingerprint density at radius 1 is 1.42 bits per heavy atom. The lowest BCUT2D eigenvalue weighted by Crippen LogP contribution is -2.40. The normalized spacial score (nSPS) is 37.5. The third-order valence-electron chi connectivity index (χ3n) is 5.88. The van der Waals surface area contributed by atoms with Crippen LogP contribution in [-0.4, -0.2) is 23.6 Å². The van der Waals surface area contributed by atoms with Crippen molar-refractivity contribution in [3.63, 3.8) is 0 Å². The maximum absolute atomic E-state index is 8.69. The second-order valence-electron chi connectivity index (χ2n) is 7.28. The molecule has 0 aliphatic heterocycles. The van der Waals surface area contributed by atoms with Gasteiger partial charge in [-0.25, -0.2) is 0 Å². The van der Waals surface area contributed by atoms with E-state index in [4.69, 9.17) is 10.9 Å². The van der Waals surface area contributed by atoms with Gasteiger partial charge in [0.25, 0.3) is 0 Å². The van der Waals surface area contributed by atoms with Gasteiger partial charge in [-0.1, -0.05) is 11.6 Å². The quantitative estimate of drug-likeness (QED) is 0.299. The van der Waals surface area contributed by atoms with Crippen LogP contribution in [0.25, 0.3) is 0 Å². The van der Waals surface area contributed by atoms with E-state index in [9.17, 15) is 0 Å². The standard InChI is InChI=1S/C15H27N3O/c1-10(13-7-11-2-3-12(13)6-11)17-9-15(4-5-15)8-14(16)18-19/h10-13,17,19H,2-9H2,1H3,(H2,16,18). The van der Waals surface area contributed by atoms with E-state index in [0.717, 1.165) is 30.7 Å². The Morgan fingerprint density at radius 3 is 2.74 bits per heavy atom. The van der Waals surface area contributed by atoms with E-state index in [1.54, 1.807) is 0 Å². The van der Waals surface area contributed by atoms with Gasteiger partial charge in [-0.15, -0.1) is 0 Å². The fourth-order valence-electron chi connectivity index (χ4n) is 4.45. The van der Waals surface area contributed by atoms with Crippen LogP contribution in [0, 0.1) is 23.2 Å². The van der Waals surface area contributed by atoms with Crippen molar-refractivity contribution in [1.82, 2.24) is 5.32 Å². The summed E-state index contributed by atoms with van der Waals surface area (Å²) in [4.78, 5) is 0. The van der Waals surface area contributed by atoms with E-state index >= 15 is 0 Å². The summed E-state index contributed by atoms with van der Waals surface area (Å²) in [5.41, 5.74) is 5.93. The molecule has 3 aliphatic rings. The lowest BCUT2D eigenvalue weighted by molar-refractivity contribution is 0.249. The Hall–Kier alpha value is -0.770. The molecule has 0 spiro atoms. The molecular formula is C15H27N3O. The number of fused-ring (bicyclic) bond motifs is 2. The van der Waals surface area contributed by atoms with E-state index in [-0.39, 0.29) is 5.41 Å². The van der Waals surface area contributed by atoms with Crippen molar-refractivity contribution in [2.75, 3.05) is 6.54 Å². The molecule has 0 aromatic rings. The van der Waals surface area contributed by atoms with E-state index in [1.165, 1.54) is 38.5 Å². The Bertz CT molecular complexity index is 364. The SMILES string of the molecule is CC(NCC1(CC(N)=NO)CC1)C1CC2CCC1C2. The highest BCUT2D eigenvalue weighted by Gasteiger charge is 2.45. The van der Waals surface area contributed by atoms with E-state index in [2.05, 4.69) is 17.4 Å². The lowest BCUT2D eigenvalue weighted by atomic mass is 9.83. The number of oxime groups is 1. The van der Waals surface area contributed by atoms with E-state index < -0.39 is 0 Å². The predicted octanol–water partition coefficient (Wildman–Crippen LogP) is 2.32. The van der Waals surface area contributed by atoms with Crippen molar-refractivity contribution >= 4 is 5.84 Å². The molecule has 3 aliphatic carbocycles. The van der Waals surface area contributed by atoms with Gasteiger partial charge in [-0.05, 0) is 62.2 Å². The molecule has 4 heteroatoms. The second kappa shape index (κ2) is 4.97. The van der Waals surface area contributed by atoms with Gasteiger partial charge in [0.1, 0.15) is 5.84 Å². The van der Waals surface area contributed by atoms with Crippen molar-refractivity contribution in [2.45, 2.75) is 57.9 Å². The number of nitrogens with two attached hydrogens (primary N) is 1. The first-order valence-electron chi connectivity index (χ1n) is 7.82. The fraction of sp³-hybridized carbons (Fsp3) is 0.933. The Balaban J connectivity index is 1.47. The molecule has 3 saturated carbocycles. The highest BCUT2D eigenvalue weighted by atomic mass is 16.4. The number of hydrogen-bond donors (Lipinski definition) is 3. The molecule has 4 nitrogen and oxygen atoms in total. The van der Waals surface area contributed by atoms with Crippen molar-refractivity contribution in [2.24, 2.45) is 34.1 Å². The van der Waals surface area contributed by atoms with Gasteiger partial charge in [-0.3, -0.25) is 0 Å². The minimum atomic E-state index is 0.280. The smallest absolute Gasteiger partial charge is 0.139 e. The molecule has 3 fully saturated rings. The topological polar surface area (TPSA) is 70.6 Å². The molecular weight excluding hydrogens is 238 g/mol. The molecule has 4 N–H and O–H groups in total. The maximum atomic E-state index is 8.69. The number of nitrogens with zero attached hydrogens (tertiary/aromatic N) is 1. The zero-order valence-corrected chi connectivity index (χ0v) is 11.9. The molecule has 0 heterocycles. The first-order valence-corrected chi connectivity index (χ1v) is 7.82. The number of rotatable bonds is 6. The van der Waals surface area contributed by atoms with Gasteiger partial charge in [0.15, 0.2) is 0 Å². The minimum absolute atomic E-state index is 0.280. The molecule has 3 rings (SSSR count). The van der Waals surface area contributed by atoms with E-state index in [0.29, 0.717) is 11.9 Å². The highest BCUT2D eigenvalue weighted by Crippen LogP contribution is 2.51. The van der Waals surface area contributed by atoms with Crippen LogP contribution in [0.2, 0.25) is 0 Å². The van der Waals surface area contributed by atoms with Crippen LogP contribution in [0.15, 0.2) is 5.16 Å². The lowest BCUT2D eigenvalue weighted by Gasteiger charge is -2.30. The third kappa shape index (κ3) is 2.73. The van der Waals surface area contributed by atoms with Gasteiger partial charge < -0.3 is 16.3 Å². The summed E-state index contributed by atoms with van der Waals surface area (Å²) in [5, 5.41) is 15.6. The number of nitrogens with one attached hydrogen (secondary N) is 1. The van der Waals surface area contributed by atoms with Crippen LogP contribution in [0.4, 0.5) is 0 Å². The summed E-state index contributed by atoms with van der Waals surface area (Å²) in [6.45, 7) is 3.38.